The van der Waals surface area contributed by atoms with Crippen molar-refractivity contribution in [2.24, 2.45) is 0 Å². The zero-order chi connectivity index (χ0) is 55.2. The highest BCUT2D eigenvalue weighted by atomic mass is 15.2. The third-order valence-corrected chi connectivity index (χ3v) is 15.7. The third-order valence-electron chi connectivity index (χ3n) is 15.7. The van der Waals surface area contributed by atoms with Crippen LogP contribution in [0.1, 0.15) is 65.9 Å². The molecule has 0 unspecified atom stereocenters. The van der Waals surface area contributed by atoms with Crippen molar-refractivity contribution in [3.63, 3.8) is 0 Å². The van der Waals surface area contributed by atoms with Gasteiger partial charge in [-0.05, 0) is 186 Å². The predicted molar refractivity (Wildman–Crippen MR) is 352 cm³/mol. The zero-order valence-corrected chi connectivity index (χ0v) is 47.1. The van der Waals surface area contributed by atoms with Crippen LogP contribution in [-0.2, 0) is 0 Å². The molecule has 0 bridgehead atoms. The van der Waals surface area contributed by atoms with Crippen molar-refractivity contribution in [1.82, 2.24) is 4.57 Å². The minimum absolute atomic E-state index is 0.982. The molecule has 2 heterocycles. The van der Waals surface area contributed by atoms with E-state index in [1.807, 2.05) is 27.7 Å². The number of benzene rings is 10. The summed E-state index contributed by atoms with van der Waals surface area (Å²) in [6.07, 6.45) is 24.2. The summed E-state index contributed by atoms with van der Waals surface area (Å²) in [6.45, 7) is 10.1. The number of aromatic nitrogens is 1. The van der Waals surface area contributed by atoms with Crippen LogP contribution in [-0.4, -0.2) is 4.57 Å². The molecule has 396 valence electrons. The first kappa shape index (κ1) is 52.1. The lowest BCUT2D eigenvalue weighted by atomic mass is 9.84. The van der Waals surface area contributed by atoms with E-state index < -0.39 is 0 Å². The van der Waals surface area contributed by atoms with Crippen LogP contribution < -0.4 is 14.7 Å². The number of nitrogens with zero attached hydrogens (tertiary/aromatic N) is 4. The molecule has 0 amide bonds. The first-order valence-corrected chi connectivity index (χ1v) is 29.1. The summed E-state index contributed by atoms with van der Waals surface area (Å²) in [6, 6.07) is 80.8. The highest BCUT2D eigenvalue weighted by Gasteiger charge is 2.31. The minimum atomic E-state index is 0.982. The fourth-order valence-electron chi connectivity index (χ4n) is 12.2. The van der Waals surface area contributed by atoms with Crippen molar-refractivity contribution < 1.29 is 0 Å². The summed E-state index contributed by atoms with van der Waals surface area (Å²) in [5.41, 5.74) is 20.2. The molecule has 2 aliphatic carbocycles. The van der Waals surface area contributed by atoms with Crippen molar-refractivity contribution >= 4 is 94.6 Å². The van der Waals surface area contributed by atoms with Gasteiger partial charge in [-0.25, -0.2) is 0 Å². The van der Waals surface area contributed by atoms with E-state index in [9.17, 15) is 0 Å². The Labute approximate surface area is 478 Å². The molecule has 0 saturated carbocycles. The van der Waals surface area contributed by atoms with Crippen LogP contribution >= 0.6 is 0 Å². The molecule has 14 rings (SSSR count). The normalized spacial score (nSPS) is 14.0. The van der Waals surface area contributed by atoms with E-state index in [1.165, 1.54) is 88.2 Å². The average molecular weight is 1050 g/mol. The Morgan fingerprint density at radius 3 is 1.67 bits per heavy atom. The Morgan fingerprint density at radius 1 is 0.432 bits per heavy atom. The van der Waals surface area contributed by atoms with E-state index in [2.05, 4.69) is 299 Å². The summed E-state index contributed by atoms with van der Waals surface area (Å²) in [5, 5.41) is 7.29. The van der Waals surface area contributed by atoms with Gasteiger partial charge in [-0.15, -0.1) is 0 Å². The van der Waals surface area contributed by atoms with E-state index in [4.69, 9.17) is 0 Å². The summed E-state index contributed by atoms with van der Waals surface area (Å²) < 4.78 is 2.52. The highest BCUT2D eigenvalue weighted by molar-refractivity contribution is 6.18. The van der Waals surface area contributed by atoms with Gasteiger partial charge in [0.2, 0.25) is 0 Å². The first-order valence-electron chi connectivity index (χ1n) is 29.1. The van der Waals surface area contributed by atoms with E-state index in [0.29, 0.717) is 0 Å². The largest absolute Gasteiger partial charge is 0.314 e. The molecule has 4 heteroatoms. The second-order valence-corrected chi connectivity index (χ2v) is 20.2. The SMILES string of the molecule is C/C=C\C=C1/c2ccccc2-c2c(cc(-c3ccc4c(c3)c3cc(N(C5=CC=CCC5)c5ccccc5)ccc3n4C3=CC=CCC3)c3ccccc23)N1c1ccc2cc(N(c3ccccc3)c3ccccc3)ccc2c1.CC.CC. The van der Waals surface area contributed by atoms with Crippen molar-refractivity contribution in [2.45, 2.75) is 60.3 Å². The Bertz CT molecular complexity index is 4240. The Balaban J connectivity index is 0.00000159. The van der Waals surface area contributed by atoms with Crippen LogP contribution in [0, 0.1) is 0 Å². The number of allylic oxidation sites excluding steroid dienone is 11. The summed E-state index contributed by atoms with van der Waals surface area (Å²) in [7, 11) is 0. The van der Waals surface area contributed by atoms with Crippen LogP contribution in [0.15, 0.2) is 279 Å². The number of anilines is 7. The molecule has 0 atom stereocenters. The van der Waals surface area contributed by atoms with Crippen molar-refractivity contribution in [3.8, 4) is 22.3 Å². The minimum Gasteiger partial charge on any atom is -0.314 e. The number of hydrogen-bond donors (Lipinski definition) is 0. The van der Waals surface area contributed by atoms with E-state index in [0.717, 1.165) is 65.5 Å². The van der Waals surface area contributed by atoms with Crippen LogP contribution in [0.5, 0.6) is 0 Å². The topological polar surface area (TPSA) is 14.7 Å². The van der Waals surface area contributed by atoms with Gasteiger partial charge in [-0.3, -0.25) is 0 Å². The lowest BCUT2D eigenvalue weighted by molar-refractivity contribution is 0.918. The molecule has 11 aromatic rings. The van der Waals surface area contributed by atoms with Crippen molar-refractivity contribution in [2.75, 3.05) is 14.7 Å². The molecule has 0 saturated heterocycles. The Morgan fingerprint density at radius 2 is 1.00 bits per heavy atom. The standard InChI is InChI=1S/C73H56N4.2C2H6/c1-2-3-37-69-63-34-20-22-36-65(63)73-64-35-21-19-33-62(64)66(50-72(73)77(69)60-42-39-51-46-59(41-38-52(51)47-60)74(54-23-9-4-10-24-54)55-25-11-5-12-26-55)53-40-44-70-67(48-53)68-49-61(43-45-71(68)76(70)58-31-17-8-18-32-58)75(56-27-13-6-14-28-56)57-29-15-7-16-30-57;2*1-2/h2-15,17,19-29,31,33-50H,16,18,30,32H2,1H3;2*1-2H3/b3-2-,69-37+;;. The van der Waals surface area contributed by atoms with Gasteiger partial charge >= 0.3 is 0 Å². The number of rotatable bonds is 10. The predicted octanol–water partition coefficient (Wildman–Crippen LogP) is 22.6. The summed E-state index contributed by atoms with van der Waals surface area (Å²) >= 11 is 0. The molecule has 0 radical (unpaired) electrons. The molecule has 1 aliphatic heterocycles. The second kappa shape index (κ2) is 23.4. The number of fused-ring (bicyclic) bond motifs is 9. The molecule has 0 N–H and O–H groups in total. The molecule has 0 spiro atoms. The quantitative estimate of drug-likeness (QED) is 0.136. The lowest BCUT2D eigenvalue weighted by Gasteiger charge is -2.37. The number of hydrogen-bond acceptors (Lipinski definition) is 3. The fourth-order valence-corrected chi connectivity index (χ4v) is 12.2. The van der Waals surface area contributed by atoms with E-state index in [1.54, 1.807) is 0 Å². The van der Waals surface area contributed by atoms with Crippen LogP contribution in [0.25, 0.3) is 77.0 Å². The van der Waals surface area contributed by atoms with Crippen LogP contribution in [0.3, 0.4) is 0 Å². The van der Waals surface area contributed by atoms with Crippen LogP contribution in [0.4, 0.5) is 39.8 Å². The van der Waals surface area contributed by atoms with Gasteiger partial charge in [0.25, 0.3) is 0 Å². The summed E-state index contributed by atoms with van der Waals surface area (Å²) in [4.78, 5) is 7.30. The van der Waals surface area contributed by atoms with Gasteiger partial charge in [0.1, 0.15) is 0 Å². The smallest absolute Gasteiger partial charge is 0.0553 e. The Kier molecular flexibility index (Phi) is 15.0. The van der Waals surface area contributed by atoms with Gasteiger partial charge in [0.05, 0.1) is 22.4 Å². The zero-order valence-electron chi connectivity index (χ0n) is 47.1. The van der Waals surface area contributed by atoms with E-state index >= 15 is 0 Å². The molecular weight excluding hydrogens is 981 g/mol. The van der Waals surface area contributed by atoms with Gasteiger partial charge in [-0.2, -0.15) is 0 Å². The Hall–Kier alpha value is -9.64. The molecular formula is C77H68N4. The molecule has 1 aromatic heterocycles. The van der Waals surface area contributed by atoms with Gasteiger partial charge in [0.15, 0.2) is 0 Å². The third kappa shape index (κ3) is 9.67. The van der Waals surface area contributed by atoms with E-state index in [-0.39, 0.29) is 0 Å². The molecule has 0 fully saturated rings. The van der Waals surface area contributed by atoms with Gasteiger partial charge < -0.3 is 19.3 Å². The van der Waals surface area contributed by atoms with Crippen molar-refractivity contribution in [3.05, 3.63) is 284 Å². The maximum atomic E-state index is 2.52. The molecule has 4 nitrogen and oxygen atoms in total. The highest BCUT2D eigenvalue weighted by Crippen LogP contribution is 2.54. The monoisotopic (exact) mass is 1050 g/mol. The molecule has 3 aliphatic rings. The molecule has 81 heavy (non-hydrogen) atoms. The average Bonchev–Trinajstić information content (AvgIpc) is 4.10. The maximum Gasteiger partial charge on any atom is 0.0553 e. The summed E-state index contributed by atoms with van der Waals surface area (Å²) in [5.74, 6) is 0. The first-order chi connectivity index (χ1) is 40.2. The number of para-hydroxylation sites is 3. The maximum absolute atomic E-state index is 2.52. The van der Waals surface area contributed by atoms with Crippen molar-refractivity contribution in [1.29, 1.82) is 0 Å². The second-order valence-electron chi connectivity index (χ2n) is 20.2. The molecule has 10 aromatic carbocycles. The van der Waals surface area contributed by atoms with Gasteiger partial charge in [-0.1, -0.05) is 185 Å². The van der Waals surface area contributed by atoms with Gasteiger partial charge in [0, 0.05) is 67.4 Å². The lowest BCUT2D eigenvalue weighted by Crippen LogP contribution is -2.21. The fraction of sp³-hybridized carbons (Fsp3) is 0.117. The van der Waals surface area contributed by atoms with Crippen LogP contribution in [0.2, 0.25) is 0 Å².